The van der Waals surface area contributed by atoms with Gasteiger partial charge < -0.3 is 15.5 Å². The molecule has 36 heavy (non-hydrogen) atoms. The fourth-order valence-electron chi connectivity index (χ4n) is 9.71. The molecule has 4 rings (SSSR count). The lowest BCUT2D eigenvalue weighted by atomic mass is 9.44. The molecule has 4 aliphatic carbocycles. The van der Waals surface area contributed by atoms with Gasteiger partial charge in [-0.3, -0.25) is 9.59 Å². The van der Waals surface area contributed by atoms with Crippen molar-refractivity contribution in [3.8, 4) is 0 Å². The smallest absolute Gasteiger partial charge is 0.220 e. The summed E-state index contributed by atoms with van der Waals surface area (Å²) in [6.45, 7) is 15.2. The predicted octanol–water partition coefficient (Wildman–Crippen LogP) is 5.29. The van der Waals surface area contributed by atoms with E-state index in [1.807, 2.05) is 0 Å². The third-order valence-corrected chi connectivity index (χ3v) is 12.2. The van der Waals surface area contributed by atoms with Crippen molar-refractivity contribution in [2.24, 2.45) is 46.3 Å². The molecular weight excluding hydrogens is 446 g/mol. The summed E-state index contributed by atoms with van der Waals surface area (Å²) in [6, 6.07) is 0.662. The molecule has 5 heteroatoms. The molecule has 0 aromatic heterocycles. The van der Waals surface area contributed by atoms with Gasteiger partial charge in [0.1, 0.15) is 5.78 Å². The van der Waals surface area contributed by atoms with E-state index in [-0.39, 0.29) is 11.3 Å². The molecule has 2 N–H and O–H groups in total. The third kappa shape index (κ3) is 5.05. The van der Waals surface area contributed by atoms with E-state index in [9.17, 15) is 9.59 Å². The average Bonchev–Trinajstić information content (AvgIpc) is 3.24. The van der Waals surface area contributed by atoms with Crippen molar-refractivity contribution >= 4 is 11.7 Å². The van der Waals surface area contributed by atoms with Crippen LogP contribution in [0.2, 0.25) is 0 Å². The number of amides is 1. The highest BCUT2D eigenvalue weighted by Gasteiger charge is 2.63. The first-order valence-electron chi connectivity index (χ1n) is 15.4. The van der Waals surface area contributed by atoms with Crippen molar-refractivity contribution in [2.45, 2.75) is 105 Å². The normalized spacial score (nSPS) is 40.9. The van der Waals surface area contributed by atoms with Crippen LogP contribution in [0.25, 0.3) is 0 Å². The van der Waals surface area contributed by atoms with Crippen molar-refractivity contribution in [1.82, 2.24) is 15.5 Å². The highest BCUT2D eigenvalue weighted by molar-refractivity contribution is 5.87. The van der Waals surface area contributed by atoms with Gasteiger partial charge >= 0.3 is 0 Å². The quantitative estimate of drug-likeness (QED) is 0.427. The van der Waals surface area contributed by atoms with Gasteiger partial charge in [-0.1, -0.05) is 34.6 Å². The summed E-state index contributed by atoms with van der Waals surface area (Å²) in [4.78, 5) is 28.9. The van der Waals surface area contributed by atoms with Crippen LogP contribution < -0.4 is 10.6 Å². The van der Waals surface area contributed by atoms with Gasteiger partial charge in [-0.25, -0.2) is 0 Å². The van der Waals surface area contributed by atoms with Crippen LogP contribution >= 0.6 is 0 Å². The zero-order chi connectivity index (χ0) is 26.1. The van der Waals surface area contributed by atoms with E-state index in [1.165, 1.54) is 44.9 Å². The second-order valence-corrected chi connectivity index (χ2v) is 13.4. The van der Waals surface area contributed by atoms with Gasteiger partial charge in [-0.05, 0) is 112 Å². The van der Waals surface area contributed by atoms with E-state index >= 15 is 0 Å². The number of hydrogen-bond acceptors (Lipinski definition) is 4. The lowest BCUT2D eigenvalue weighted by Gasteiger charge is -2.60. The molecule has 0 aromatic carbocycles. The highest BCUT2D eigenvalue weighted by atomic mass is 16.1. The van der Waals surface area contributed by atoms with Gasteiger partial charge in [0, 0.05) is 37.4 Å². The van der Waals surface area contributed by atoms with Crippen LogP contribution in [0.1, 0.15) is 98.8 Å². The first kappa shape index (κ1) is 28.1. The minimum absolute atomic E-state index is 0.173. The van der Waals surface area contributed by atoms with E-state index in [2.05, 4.69) is 57.2 Å². The summed E-state index contributed by atoms with van der Waals surface area (Å²) < 4.78 is 0. The van der Waals surface area contributed by atoms with Crippen LogP contribution in [0.15, 0.2) is 0 Å². The summed E-state index contributed by atoms with van der Waals surface area (Å²) in [7, 11) is 2.12. The standard InChI is InChI=1S/C31H55N3O2/c1-7-34(8-2)18-17-33-29(36)14-9-21(3)25-12-13-26-24-11-10-22-19-23(32-6)15-16-30(22,4)27(24)20-28(35)31(25,26)5/h21-27,32H,7-20H2,1-6H3,(H,33,36)/t21-,22-,23+,24+,25-,26+,27+,30+,31-/m1/s1. The van der Waals surface area contributed by atoms with Crippen LogP contribution in [0.5, 0.6) is 0 Å². The molecule has 9 atom stereocenters. The summed E-state index contributed by atoms with van der Waals surface area (Å²) in [6.07, 6.45) is 11.2. The summed E-state index contributed by atoms with van der Waals surface area (Å²) in [5.74, 6) is 4.23. The van der Waals surface area contributed by atoms with Crippen molar-refractivity contribution in [3.63, 3.8) is 0 Å². The Kier molecular flexibility index (Phi) is 8.92. The Bertz CT molecular complexity index is 782. The van der Waals surface area contributed by atoms with Crippen LogP contribution in [0.4, 0.5) is 0 Å². The van der Waals surface area contributed by atoms with Gasteiger partial charge in [0.2, 0.25) is 5.91 Å². The van der Waals surface area contributed by atoms with Crippen molar-refractivity contribution in [3.05, 3.63) is 0 Å². The molecule has 0 saturated heterocycles. The molecule has 206 valence electrons. The molecular formula is C31H55N3O2. The zero-order valence-electron chi connectivity index (χ0n) is 24.2. The van der Waals surface area contributed by atoms with E-state index in [0.29, 0.717) is 47.3 Å². The predicted molar refractivity (Wildman–Crippen MR) is 148 cm³/mol. The van der Waals surface area contributed by atoms with Gasteiger partial charge in [-0.2, -0.15) is 0 Å². The number of Topliss-reactive ketones (excluding diaryl/α,β-unsaturated/α-hetero) is 1. The molecule has 0 unspecified atom stereocenters. The lowest BCUT2D eigenvalue weighted by Crippen LogP contribution is -2.58. The maximum Gasteiger partial charge on any atom is 0.220 e. The number of rotatable bonds is 10. The number of likely N-dealkylation sites (N-methyl/N-ethyl adjacent to an activating group) is 1. The second kappa shape index (κ2) is 11.4. The Hall–Kier alpha value is -0.940. The number of nitrogens with zero attached hydrogens (tertiary/aromatic N) is 1. The fourth-order valence-corrected chi connectivity index (χ4v) is 9.71. The first-order valence-corrected chi connectivity index (χ1v) is 15.4. The van der Waals surface area contributed by atoms with Crippen molar-refractivity contribution in [1.29, 1.82) is 0 Å². The van der Waals surface area contributed by atoms with Crippen molar-refractivity contribution in [2.75, 3.05) is 33.2 Å². The summed E-state index contributed by atoms with van der Waals surface area (Å²) in [5, 5.41) is 6.67. The van der Waals surface area contributed by atoms with Crippen LogP contribution in [0.3, 0.4) is 0 Å². The number of hydrogen-bond donors (Lipinski definition) is 2. The molecule has 0 aromatic rings. The highest BCUT2D eigenvalue weighted by Crippen LogP contribution is 2.67. The Morgan fingerprint density at radius 1 is 1.08 bits per heavy atom. The number of carbonyl (C=O) groups excluding carboxylic acids is 2. The Balaban J connectivity index is 1.36. The van der Waals surface area contributed by atoms with Crippen LogP contribution in [-0.2, 0) is 9.59 Å². The van der Waals surface area contributed by atoms with E-state index in [0.717, 1.165) is 50.9 Å². The second-order valence-electron chi connectivity index (χ2n) is 13.4. The largest absolute Gasteiger partial charge is 0.355 e. The Labute approximate surface area is 221 Å². The van der Waals surface area contributed by atoms with Crippen LogP contribution in [0, 0.1) is 46.3 Å². The maximum atomic E-state index is 14.0. The number of nitrogens with one attached hydrogen (secondary N) is 2. The monoisotopic (exact) mass is 501 g/mol. The summed E-state index contributed by atoms with van der Waals surface area (Å²) >= 11 is 0. The summed E-state index contributed by atoms with van der Waals surface area (Å²) in [5.41, 5.74) is 0.172. The number of carbonyl (C=O) groups is 2. The van der Waals surface area contributed by atoms with Gasteiger partial charge in [0.15, 0.2) is 0 Å². The SMILES string of the molecule is CCN(CC)CCNC(=O)CC[C@@H](C)[C@H]1CC[C@H]2[C@@H]3CC[C@@H]4C[C@@H](NC)CC[C@]4(C)[C@H]3CC(=O)[C@]12C. The number of ketones is 1. The Morgan fingerprint density at radius 2 is 1.83 bits per heavy atom. The van der Waals surface area contributed by atoms with Crippen molar-refractivity contribution < 1.29 is 9.59 Å². The fraction of sp³-hybridized carbons (Fsp3) is 0.935. The lowest BCUT2D eigenvalue weighted by molar-refractivity contribution is -0.158. The topological polar surface area (TPSA) is 61.4 Å². The molecule has 4 saturated carbocycles. The van der Waals surface area contributed by atoms with E-state index in [4.69, 9.17) is 0 Å². The molecule has 4 aliphatic rings. The molecule has 4 fully saturated rings. The van der Waals surface area contributed by atoms with Gasteiger partial charge in [-0.15, -0.1) is 0 Å². The Morgan fingerprint density at radius 3 is 2.53 bits per heavy atom. The molecule has 0 aliphatic heterocycles. The average molecular weight is 502 g/mol. The molecule has 5 nitrogen and oxygen atoms in total. The van der Waals surface area contributed by atoms with E-state index < -0.39 is 0 Å². The molecule has 0 bridgehead atoms. The van der Waals surface area contributed by atoms with E-state index in [1.54, 1.807) is 0 Å². The first-order chi connectivity index (χ1) is 17.2. The molecule has 0 radical (unpaired) electrons. The van der Waals surface area contributed by atoms with Crippen LogP contribution in [-0.4, -0.2) is 55.9 Å². The molecule has 0 spiro atoms. The molecule has 1 amide bonds. The maximum absolute atomic E-state index is 14.0. The van der Waals surface area contributed by atoms with Gasteiger partial charge in [0.05, 0.1) is 0 Å². The molecule has 0 heterocycles. The third-order valence-electron chi connectivity index (χ3n) is 12.2. The minimum atomic E-state index is -0.175. The minimum Gasteiger partial charge on any atom is -0.355 e. The van der Waals surface area contributed by atoms with Gasteiger partial charge in [0.25, 0.3) is 0 Å². The number of fused-ring (bicyclic) bond motifs is 5. The zero-order valence-corrected chi connectivity index (χ0v) is 24.2.